The van der Waals surface area contributed by atoms with E-state index in [1.807, 2.05) is 85.5 Å². The zero-order valence-electron chi connectivity index (χ0n) is 20.5. The highest BCUT2D eigenvalue weighted by Crippen LogP contribution is 2.39. The molecule has 0 fully saturated rings. The first-order chi connectivity index (χ1) is 18.8. The lowest BCUT2D eigenvalue weighted by molar-refractivity contribution is 1.32. The summed E-state index contributed by atoms with van der Waals surface area (Å²) in [6, 6.07) is 37.5. The van der Waals surface area contributed by atoms with E-state index >= 15 is 0 Å². The molecule has 4 heterocycles. The van der Waals surface area contributed by atoms with Gasteiger partial charge in [0.05, 0.1) is 22.4 Å². The number of rotatable bonds is 4. The molecule has 0 saturated carbocycles. The van der Waals surface area contributed by atoms with Crippen molar-refractivity contribution >= 4 is 21.8 Å². The van der Waals surface area contributed by atoms with E-state index in [1.54, 1.807) is 0 Å². The standard InChI is InChI=1S/C34H22N4/c1-3-7-25(8-4-1)31-21-29(23-13-17-35-18-14-23)27-11-12-28-30(24-15-19-36-20-16-24)22-32(26-9-5-2-6-10-26)38-34(28)33(27)37-31/h1-22H. The Morgan fingerprint density at radius 2 is 0.763 bits per heavy atom. The maximum atomic E-state index is 5.24. The average molecular weight is 487 g/mol. The topological polar surface area (TPSA) is 51.6 Å². The summed E-state index contributed by atoms with van der Waals surface area (Å²) in [7, 11) is 0. The summed E-state index contributed by atoms with van der Waals surface area (Å²) in [5.74, 6) is 0. The number of hydrogen-bond donors (Lipinski definition) is 0. The average Bonchev–Trinajstić information content (AvgIpc) is 3.01. The van der Waals surface area contributed by atoms with E-state index in [9.17, 15) is 0 Å². The largest absolute Gasteiger partial charge is 0.265 e. The van der Waals surface area contributed by atoms with E-state index in [-0.39, 0.29) is 0 Å². The lowest BCUT2D eigenvalue weighted by atomic mass is 9.94. The van der Waals surface area contributed by atoms with Crippen molar-refractivity contribution in [3.05, 3.63) is 134 Å². The summed E-state index contributed by atoms with van der Waals surface area (Å²) in [4.78, 5) is 19.0. The first kappa shape index (κ1) is 22.0. The van der Waals surface area contributed by atoms with E-state index in [4.69, 9.17) is 9.97 Å². The van der Waals surface area contributed by atoms with Crippen LogP contribution in [0.15, 0.2) is 134 Å². The fraction of sp³-hybridized carbons (Fsp3) is 0. The van der Waals surface area contributed by atoms with E-state index in [1.165, 1.54) is 0 Å². The van der Waals surface area contributed by atoms with Gasteiger partial charge < -0.3 is 0 Å². The molecular weight excluding hydrogens is 464 g/mol. The van der Waals surface area contributed by atoms with Gasteiger partial charge >= 0.3 is 0 Å². The monoisotopic (exact) mass is 486 g/mol. The SMILES string of the molecule is c1ccc(-c2cc(-c3ccncc3)c3ccc4c(-c5ccncc5)cc(-c5ccccc5)nc4c3n2)cc1. The Hall–Kier alpha value is -5.22. The Labute approximate surface area is 220 Å². The molecule has 0 aliphatic carbocycles. The van der Waals surface area contributed by atoms with Crippen molar-refractivity contribution in [2.24, 2.45) is 0 Å². The molecule has 0 radical (unpaired) electrons. The Kier molecular flexibility index (Phi) is 5.41. The van der Waals surface area contributed by atoms with Gasteiger partial charge in [0.2, 0.25) is 0 Å². The van der Waals surface area contributed by atoms with Gasteiger partial charge in [0.25, 0.3) is 0 Å². The summed E-state index contributed by atoms with van der Waals surface area (Å²) in [5.41, 5.74) is 10.1. The zero-order valence-corrected chi connectivity index (χ0v) is 20.5. The fourth-order valence-electron chi connectivity index (χ4n) is 5.03. The van der Waals surface area contributed by atoms with Gasteiger partial charge in [0.1, 0.15) is 0 Å². The zero-order chi connectivity index (χ0) is 25.3. The van der Waals surface area contributed by atoms with Crippen LogP contribution in [0.2, 0.25) is 0 Å². The minimum atomic E-state index is 0.878. The minimum absolute atomic E-state index is 0.878. The summed E-state index contributed by atoms with van der Waals surface area (Å²) in [6.45, 7) is 0. The number of aromatic nitrogens is 4. The molecule has 0 N–H and O–H groups in total. The molecule has 0 atom stereocenters. The van der Waals surface area contributed by atoms with Crippen LogP contribution < -0.4 is 0 Å². The van der Waals surface area contributed by atoms with Crippen molar-refractivity contribution in [1.29, 1.82) is 0 Å². The molecule has 0 unspecified atom stereocenters. The third-order valence-corrected chi connectivity index (χ3v) is 6.88. The maximum absolute atomic E-state index is 5.24. The number of fused-ring (bicyclic) bond motifs is 3. The van der Waals surface area contributed by atoms with Crippen LogP contribution in [0.1, 0.15) is 0 Å². The van der Waals surface area contributed by atoms with Gasteiger partial charge in [-0.2, -0.15) is 0 Å². The van der Waals surface area contributed by atoms with Gasteiger partial charge in [-0.05, 0) is 58.7 Å². The lowest BCUT2D eigenvalue weighted by Gasteiger charge is -2.15. The molecule has 4 nitrogen and oxygen atoms in total. The molecule has 7 aromatic rings. The Bertz CT molecular complexity index is 1740. The second kappa shape index (κ2) is 9.34. The van der Waals surface area contributed by atoms with Crippen molar-refractivity contribution in [2.45, 2.75) is 0 Å². The van der Waals surface area contributed by atoms with Gasteiger partial charge in [0, 0.05) is 46.7 Å². The van der Waals surface area contributed by atoms with Crippen LogP contribution in [0.25, 0.3) is 66.6 Å². The van der Waals surface area contributed by atoms with Crippen molar-refractivity contribution in [3.8, 4) is 44.8 Å². The Morgan fingerprint density at radius 1 is 0.368 bits per heavy atom. The van der Waals surface area contributed by atoms with Gasteiger partial charge in [0.15, 0.2) is 0 Å². The molecule has 4 heteroatoms. The van der Waals surface area contributed by atoms with Crippen LogP contribution in [-0.2, 0) is 0 Å². The van der Waals surface area contributed by atoms with Crippen molar-refractivity contribution < 1.29 is 0 Å². The van der Waals surface area contributed by atoms with Crippen molar-refractivity contribution in [3.63, 3.8) is 0 Å². The molecule has 0 amide bonds. The predicted octanol–water partition coefficient (Wildman–Crippen LogP) is 8.24. The molecule has 0 bridgehead atoms. The molecule has 0 saturated heterocycles. The highest BCUT2D eigenvalue weighted by Gasteiger charge is 2.17. The first-order valence-electron chi connectivity index (χ1n) is 12.6. The maximum Gasteiger partial charge on any atom is 0.0978 e. The molecular formula is C34H22N4. The third kappa shape index (κ3) is 3.89. The molecule has 38 heavy (non-hydrogen) atoms. The second-order valence-electron chi connectivity index (χ2n) is 9.17. The highest BCUT2D eigenvalue weighted by molar-refractivity contribution is 6.13. The highest BCUT2D eigenvalue weighted by atomic mass is 14.8. The fourth-order valence-corrected chi connectivity index (χ4v) is 5.03. The lowest BCUT2D eigenvalue weighted by Crippen LogP contribution is -1.95. The van der Waals surface area contributed by atoms with Crippen LogP contribution in [-0.4, -0.2) is 19.9 Å². The van der Waals surface area contributed by atoms with Crippen LogP contribution in [0.5, 0.6) is 0 Å². The molecule has 0 aliphatic heterocycles. The van der Waals surface area contributed by atoms with E-state index in [0.717, 1.165) is 66.6 Å². The van der Waals surface area contributed by atoms with Gasteiger partial charge in [-0.25, -0.2) is 9.97 Å². The minimum Gasteiger partial charge on any atom is -0.265 e. The van der Waals surface area contributed by atoms with Crippen LogP contribution in [0, 0.1) is 0 Å². The quantitative estimate of drug-likeness (QED) is 0.235. The molecule has 0 spiro atoms. The van der Waals surface area contributed by atoms with E-state index in [0.29, 0.717) is 0 Å². The molecule has 7 rings (SSSR count). The third-order valence-electron chi connectivity index (χ3n) is 6.88. The first-order valence-corrected chi connectivity index (χ1v) is 12.6. The Balaban J connectivity index is 1.62. The van der Waals surface area contributed by atoms with Crippen LogP contribution in [0.4, 0.5) is 0 Å². The van der Waals surface area contributed by atoms with E-state index in [2.05, 4.69) is 58.5 Å². The van der Waals surface area contributed by atoms with Crippen molar-refractivity contribution in [2.75, 3.05) is 0 Å². The van der Waals surface area contributed by atoms with E-state index < -0.39 is 0 Å². The number of nitrogens with zero attached hydrogens (tertiary/aromatic N) is 4. The summed E-state index contributed by atoms with van der Waals surface area (Å²) >= 11 is 0. The number of pyridine rings is 4. The van der Waals surface area contributed by atoms with Crippen LogP contribution in [0.3, 0.4) is 0 Å². The normalized spacial score (nSPS) is 11.2. The second-order valence-corrected chi connectivity index (χ2v) is 9.17. The molecule has 178 valence electrons. The molecule has 0 aliphatic rings. The summed E-state index contributed by atoms with van der Waals surface area (Å²) < 4.78 is 0. The molecule has 4 aromatic heterocycles. The predicted molar refractivity (Wildman–Crippen MR) is 154 cm³/mol. The smallest absolute Gasteiger partial charge is 0.0978 e. The summed E-state index contributed by atoms with van der Waals surface area (Å²) in [6.07, 6.45) is 7.33. The summed E-state index contributed by atoms with van der Waals surface area (Å²) in [5, 5.41) is 2.11. The van der Waals surface area contributed by atoms with Gasteiger partial charge in [-0.3, -0.25) is 9.97 Å². The molecule has 3 aromatic carbocycles. The van der Waals surface area contributed by atoms with Crippen LogP contribution >= 0.6 is 0 Å². The number of hydrogen-bond acceptors (Lipinski definition) is 4. The Morgan fingerprint density at radius 3 is 1.16 bits per heavy atom. The van der Waals surface area contributed by atoms with Gasteiger partial charge in [-0.1, -0.05) is 72.8 Å². The van der Waals surface area contributed by atoms with Gasteiger partial charge in [-0.15, -0.1) is 0 Å². The van der Waals surface area contributed by atoms with Crippen molar-refractivity contribution in [1.82, 2.24) is 19.9 Å². The number of benzene rings is 3.